The van der Waals surface area contributed by atoms with E-state index in [9.17, 15) is 9.59 Å². The number of amides is 2. The molecule has 1 aromatic carbocycles. The van der Waals surface area contributed by atoms with Crippen molar-refractivity contribution in [3.05, 3.63) is 47.6 Å². The molecule has 2 amide bonds. The molecule has 0 saturated carbocycles. The van der Waals surface area contributed by atoms with Crippen molar-refractivity contribution in [2.75, 3.05) is 10.6 Å². The summed E-state index contributed by atoms with van der Waals surface area (Å²) in [7, 11) is 0. The maximum Gasteiger partial charge on any atom is 0.408 e. The van der Waals surface area contributed by atoms with Gasteiger partial charge in [-0.2, -0.15) is 0 Å². The second-order valence-electron chi connectivity index (χ2n) is 6.89. The second kappa shape index (κ2) is 8.73. The van der Waals surface area contributed by atoms with Crippen molar-refractivity contribution in [1.29, 1.82) is 0 Å². The number of aromatic nitrogens is 1. The van der Waals surface area contributed by atoms with E-state index >= 15 is 0 Å². The number of alkyl carbamates (subject to hydrolysis) is 1. The van der Waals surface area contributed by atoms with Crippen LogP contribution in [0.3, 0.4) is 0 Å². The van der Waals surface area contributed by atoms with Crippen LogP contribution < -0.4 is 16.0 Å². The lowest BCUT2D eigenvalue weighted by molar-refractivity contribution is -0.117. The quantitative estimate of drug-likeness (QED) is 0.706. The summed E-state index contributed by atoms with van der Waals surface area (Å²) >= 11 is 5.99. The summed E-state index contributed by atoms with van der Waals surface area (Å²) in [5.41, 5.74) is 0.564. The van der Waals surface area contributed by atoms with Crippen molar-refractivity contribution in [2.24, 2.45) is 0 Å². The first-order chi connectivity index (χ1) is 12.6. The molecule has 0 saturated heterocycles. The van der Waals surface area contributed by atoms with Crippen LogP contribution in [-0.2, 0) is 9.53 Å². The highest BCUT2D eigenvalue weighted by atomic mass is 35.5. The molecule has 2 rings (SSSR count). The van der Waals surface area contributed by atoms with Crippen LogP contribution >= 0.6 is 11.6 Å². The Labute approximate surface area is 163 Å². The molecule has 0 spiro atoms. The molecule has 1 atom stereocenters. The predicted octanol–water partition coefficient (Wildman–Crippen LogP) is 4.33. The number of hydrogen-bond acceptors (Lipinski definition) is 5. The standard InChI is InChI=1S/C19H23ClN4O3/c1-12(22-18(26)27-19(2,3)4)17(25)24-15-9-6-10-21-16(15)23-14-8-5-7-13(20)11-14/h5-12H,1-4H3,(H,21,23)(H,22,26)(H,24,25)/t12-/m0/s1. The lowest BCUT2D eigenvalue weighted by Crippen LogP contribution is -2.44. The zero-order valence-electron chi connectivity index (χ0n) is 15.7. The number of carbonyl (C=O) groups is 2. The van der Waals surface area contributed by atoms with E-state index in [4.69, 9.17) is 16.3 Å². The van der Waals surface area contributed by atoms with E-state index in [2.05, 4.69) is 20.9 Å². The average molecular weight is 391 g/mol. The van der Waals surface area contributed by atoms with E-state index in [1.54, 1.807) is 64.2 Å². The number of anilines is 3. The van der Waals surface area contributed by atoms with Gasteiger partial charge in [-0.15, -0.1) is 0 Å². The fraction of sp³-hybridized carbons (Fsp3) is 0.316. The zero-order chi connectivity index (χ0) is 20.0. The lowest BCUT2D eigenvalue weighted by atomic mass is 10.2. The molecule has 8 heteroatoms. The summed E-state index contributed by atoms with van der Waals surface area (Å²) in [4.78, 5) is 28.5. The Morgan fingerprint density at radius 1 is 1.19 bits per heavy atom. The van der Waals surface area contributed by atoms with Gasteiger partial charge in [0.1, 0.15) is 11.6 Å². The number of carbonyl (C=O) groups excluding carboxylic acids is 2. The van der Waals surface area contributed by atoms with E-state index in [1.165, 1.54) is 0 Å². The molecule has 0 unspecified atom stereocenters. The van der Waals surface area contributed by atoms with E-state index in [-0.39, 0.29) is 0 Å². The lowest BCUT2D eigenvalue weighted by Gasteiger charge is -2.22. The smallest absolute Gasteiger partial charge is 0.408 e. The molecule has 1 heterocycles. The third kappa shape index (κ3) is 6.79. The fourth-order valence-electron chi connectivity index (χ4n) is 2.10. The van der Waals surface area contributed by atoms with Gasteiger partial charge in [0.25, 0.3) is 0 Å². The largest absolute Gasteiger partial charge is 0.444 e. The average Bonchev–Trinajstić information content (AvgIpc) is 2.54. The Morgan fingerprint density at radius 2 is 1.93 bits per heavy atom. The maximum absolute atomic E-state index is 12.4. The summed E-state index contributed by atoms with van der Waals surface area (Å²) in [6.07, 6.45) is 0.943. The molecule has 0 aliphatic carbocycles. The van der Waals surface area contributed by atoms with Crippen molar-refractivity contribution in [2.45, 2.75) is 39.3 Å². The molecule has 2 aromatic rings. The van der Waals surface area contributed by atoms with Gasteiger partial charge in [0, 0.05) is 16.9 Å². The first-order valence-corrected chi connectivity index (χ1v) is 8.80. The summed E-state index contributed by atoms with van der Waals surface area (Å²) in [6, 6.07) is 9.76. The molecule has 27 heavy (non-hydrogen) atoms. The van der Waals surface area contributed by atoms with Crippen LogP contribution in [0.2, 0.25) is 5.02 Å². The van der Waals surface area contributed by atoms with Gasteiger partial charge < -0.3 is 20.7 Å². The van der Waals surface area contributed by atoms with Crippen LogP contribution in [0.1, 0.15) is 27.7 Å². The number of halogens is 1. The minimum absolute atomic E-state index is 0.400. The first kappa shape index (κ1) is 20.5. The molecule has 3 N–H and O–H groups in total. The molecule has 0 aliphatic heterocycles. The molecular formula is C19H23ClN4O3. The van der Waals surface area contributed by atoms with Gasteiger partial charge >= 0.3 is 6.09 Å². The number of nitrogens with zero attached hydrogens (tertiary/aromatic N) is 1. The molecule has 7 nitrogen and oxygen atoms in total. The zero-order valence-corrected chi connectivity index (χ0v) is 16.4. The van der Waals surface area contributed by atoms with E-state index in [0.29, 0.717) is 16.5 Å². The Kier molecular flexibility index (Phi) is 6.63. The number of pyridine rings is 1. The van der Waals surface area contributed by atoms with E-state index in [0.717, 1.165) is 5.69 Å². The maximum atomic E-state index is 12.4. The van der Waals surface area contributed by atoms with Gasteiger partial charge in [-0.05, 0) is 58.0 Å². The van der Waals surface area contributed by atoms with E-state index < -0.39 is 23.6 Å². The molecule has 0 radical (unpaired) electrons. The molecule has 1 aromatic heterocycles. The molecule has 0 fully saturated rings. The molecule has 0 aliphatic rings. The van der Waals surface area contributed by atoms with Crippen molar-refractivity contribution in [3.63, 3.8) is 0 Å². The van der Waals surface area contributed by atoms with Crippen LogP contribution in [0.4, 0.5) is 22.0 Å². The second-order valence-corrected chi connectivity index (χ2v) is 7.33. The van der Waals surface area contributed by atoms with Crippen molar-refractivity contribution >= 4 is 40.8 Å². The predicted molar refractivity (Wildman–Crippen MR) is 106 cm³/mol. The monoisotopic (exact) mass is 390 g/mol. The van der Waals surface area contributed by atoms with Gasteiger partial charge in [-0.1, -0.05) is 17.7 Å². The Morgan fingerprint density at radius 3 is 2.59 bits per heavy atom. The van der Waals surface area contributed by atoms with Gasteiger partial charge in [0.05, 0.1) is 5.69 Å². The van der Waals surface area contributed by atoms with Crippen LogP contribution in [0.25, 0.3) is 0 Å². The number of ether oxygens (including phenoxy) is 1. The third-order valence-electron chi connectivity index (χ3n) is 3.28. The normalized spacial score (nSPS) is 12.0. The Balaban J connectivity index is 2.04. The highest BCUT2D eigenvalue weighted by Gasteiger charge is 2.21. The topological polar surface area (TPSA) is 92.3 Å². The summed E-state index contributed by atoms with van der Waals surface area (Å²) in [5.74, 6) is 0.0561. The van der Waals surface area contributed by atoms with Gasteiger partial charge in [-0.25, -0.2) is 9.78 Å². The Bertz CT molecular complexity index is 821. The minimum atomic E-state index is -0.793. The summed E-state index contributed by atoms with van der Waals surface area (Å²) in [5, 5.41) is 8.94. The van der Waals surface area contributed by atoms with Gasteiger partial charge in [0.2, 0.25) is 5.91 Å². The van der Waals surface area contributed by atoms with Gasteiger partial charge in [0.15, 0.2) is 5.82 Å². The van der Waals surface area contributed by atoms with Crippen molar-refractivity contribution in [3.8, 4) is 0 Å². The molecule has 144 valence electrons. The van der Waals surface area contributed by atoms with Crippen LogP contribution in [-0.4, -0.2) is 28.6 Å². The van der Waals surface area contributed by atoms with Crippen LogP contribution in [0.5, 0.6) is 0 Å². The van der Waals surface area contributed by atoms with Crippen LogP contribution in [0, 0.1) is 0 Å². The number of rotatable bonds is 5. The van der Waals surface area contributed by atoms with Gasteiger partial charge in [-0.3, -0.25) is 4.79 Å². The summed E-state index contributed by atoms with van der Waals surface area (Å²) in [6.45, 7) is 6.82. The number of benzene rings is 1. The molecular weight excluding hydrogens is 368 g/mol. The fourth-order valence-corrected chi connectivity index (χ4v) is 2.29. The van der Waals surface area contributed by atoms with Crippen molar-refractivity contribution in [1.82, 2.24) is 10.3 Å². The highest BCUT2D eigenvalue weighted by molar-refractivity contribution is 6.30. The minimum Gasteiger partial charge on any atom is -0.444 e. The molecule has 0 bridgehead atoms. The third-order valence-corrected chi connectivity index (χ3v) is 3.51. The number of nitrogens with one attached hydrogen (secondary N) is 3. The van der Waals surface area contributed by atoms with Crippen molar-refractivity contribution < 1.29 is 14.3 Å². The summed E-state index contributed by atoms with van der Waals surface area (Å²) < 4.78 is 5.16. The SMILES string of the molecule is C[C@H](NC(=O)OC(C)(C)C)C(=O)Nc1cccnc1Nc1cccc(Cl)c1. The van der Waals surface area contributed by atoms with E-state index in [1.807, 2.05) is 6.07 Å². The Hall–Kier alpha value is -2.80. The highest BCUT2D eigenvalue weighted by Crippen LogP contribution is 2.24. The first-order valence-electron chi connectivity index (χ1n) is 8.42. The van der Waals surface area contributed by atoms with Crippen LogP contribution in [0.15, 0.2) is 42.6 Å². The number of hydrogen-bond donors (Lipinski definition) is 3.